The number of rotatable bonds is 5. The molecule has 0 radical (unpaired) electrons. The summed E-state index contributed by atoms with van der Waals surface area (Å²) in [7, 11) is 3.10. The molecule has 0 bridgehead atoms. The van der Waals surface area contributed by atoms with Crippen molar-refractivity contribution in [3.63, 3.8) is 0 Å². The van der Waals surface area contributed by atoms with Gasteiger partial charge in [0.05, 0.1) is 26.4 Å². The van der Waals surface area contributed by atoms with Gasteiger partial charge in [-0.05, 0) is 42.5 Å². The SMILES string of the molecule is COc1ccc(-c2noc(-c3ccc(F)cc3)c2CO)cc1OC. The van der Waals surface area contributed by atoms with Crippen molar-refractivity contribution in [2.75, 3.05) is 14.2 Å². The summed E-state index contributed by atoms with van der Waals surface area (Å²) in [6.45, 7) is -0.264. The van der Waals surface area contributed by atoms with Crippen molar-refractivity contribution in [2.45, 2.75) is 6.61 Å². The highest BCUT2D eigenvalue weighted by Gasteiger charge is 2.19. The number of aromatic nitrogens is 1. The van der Waals surface area contributed by atoms with E-state index < -0.39 is 0 Å². The topological polar surface area (TPSA) is 64.7 Å². The van der Waals surface area contributed by atoms with Crippen LogP contribution in [0, 0.1) is 5.82 Å². The third kappa shape index (κ3) is 2.83. The van der Waals surface area contributed by atoms with E-state index in [2.05, 4.69) is 5.16 Å². The van der Waals surface area contributed by atoms with Crippen LogP contribution in [0.4, 0.5) is 4.39 Å². The van der Waals surface area contributed by atoms with Crippen LogP contribution in [0.15, 0.2) is 47.0 Å². The second-order valence-corrected chi connectivity index (χ2v) is 5.07. The van der Waals surface area contributed by atoms with Crippen molar-refractivity contribution in [3.8, 4) is 34.1 Å². The van der Waals surface area contributed by atoms with E-state index in [0.717, 1.165) is 0 Å². The summed E-state index contributed by atoms with van der Waals surface area (Å²) in [5, 5.41) is 13.8. The molecule has 2 aromatic carbocycles. The fourth-order valence-corrected chi connectivity index (χ4v) is 2.49. The molecule has 1 aromatic heterocycles. The molecule has 0 aliphatic carbocycles. The Balaban J connectivity index is 2.08. The molecule has 0 atom stereocenters. The molecule has 5 nitrogen and oxygen atoms in total. The van der Waals surface area contributed by atoms with Crippen LogP contribution < -0.4 is 9.47 Å². The lowest BCUT2D eigenvalue weighted by Crippen LogP contribution is -1.93. The summed E-state index contributed by atoms with van der Waals surface area (Å²) < 4.78 is 29.0. The number of halogens is 1. The maximum absolute atomic E-state index is 13.1. The first kappa shape index (κ1) is 16.0. The lowest BCUT2D eigenvalue weighted by Gasteiger charge is -2.09. The van der Waals surface area contributed by atoms with Crippen LogP contribution in [0.3, 0.4) is 0 Å². The smallest absolute Gasteiger partial charge is 0.173 e. The first-order valence-corrected chi connectivity index (χ1v) is 7.25. The predicted octanol–water partition coefficient (Wildman–Crippen LogP) is 3.66. The maximum Gasteiger partial charge on any atom is 0.173 e. The van der Waals surface area contributed by atoms with Gasteiger partial charge in [0.15, 0.2) is 17.3 Å². The molecule has 0 aliphatic rings. The van der Waals surface area contributed by atoms with E-state index >= 15 is 0 Å². The molecular weight excluding hydrogens is 313 g/mol. The Morgan fingerprint density at radius 2 is 1.67 bits per heavy atom. The molecule has 0 unspecified atom stereocenters. The summed E-state index contributed by atoms with van der Waals surface area (Å²) in [4.78, 5) is 0. The Bertz CT molecular complexity index is 843. The summed E-state index contributed by atoms with van der Waals surface area (Å²) >= 11 is 0. The lowest BCUT2D eigenvalue weighted by molar-refractivity contribution is 0.281. The minimum Gasteiger partial charge on any atom is -0.493 e. The molecule has 0 fully saturated rings. The summed E-state index contributed by atoms with van der Waals surface area (Å²) in [6, 6.07) is 11.1. The third-order valence-corrected chi connectivity index (χ3v) is 3.71. The van der Waals surface area contributed by atoms with Crippen molar-refractivity contribution in [1.82, 2.24) is 5.16 Å². The van der Waals surface area contributed by atoms with Crippen LogP contribution in [-0.4, -0.2) is 24.5 Å². The summed E-state index contributed by atoms with van der Waals surface area (Å²) in [5.41, 5.74) is 2.38. The van der Waals surface area contributed by atoms with Crippen LogP contribution in [0.1, 0.15) is 5.56 Å². The van der Waals surface area contributed by atoms with Gasteiger partial charge in [0, 0.05) is 11.1 Å². The summed E-state index contributed by atoms with van der Waals surface area (Å²) in [6.07, 6.45) is 0. The highest BCUT2D eigenvalue weighted by atomic mass is 19.1. The first-order chi connectivity index (χ1) is 11.7. The van der Waals surface area contributed by atoms with Crippen LogP contribution in [0.5, 0.6) is 11.5 Å². The fraction of sp³-hybridized carbons (Fsp3) is 0.167. The van der Waals surface area contributed by atoms with E-state index in [4.69, 9.17) is 14.0 Å². The number of ether oxygens (including phenoxy) is 2. The zero-order chi connectivity index (χ0) is 17.1. The minimum atomic E-state index is -0.344. The van der Waals surface area contributed by atoms with Gasteiger partial charge in [0.2, 0.25) is 0 Å². The lowest BCUT2D eigenvalue weighted by atomic mass is 10.0. The van der Waals surface area contributed by atoms with Gasteiger partial charge < -0.3 is 19.1 Å². The summed E-state index contributed by atoms with van der Waals surface area (Å²) in [5.74, 6) is 1.20. The number of aliphatic hydroxyl groups excluding tert-OH is 1. The van der Waals surface area contributed by atoms with E-state index in [0.29, 0.717) is 39.6 Å². The Kier molecular flexibility index (Phi) is 4.48. The van der Waals surface area contributed by atoms with Crippen molar-refractivity contribution < 1.29 is 23.5 Å². The van der Waals surface area contributed by atoms with E-state index in [9.17, 15) is 9.50 Å². The van der Waals surface area contributed by atoms with Gasteiger partial charge in [-0.15, -0.1) is 0 Å². The maximum atomic E-state index is 13.1. The largest absolute Gasteiger partial charge is 0.493 e. The first-order valence-electron chi connectivity index (χ1n) is 7.25. The number of nitrogens with zero attached hydrogens (tertiary/aromatic N) is 1. The standard InChI is InChI=1S/C18H16FNO4/c1-22-15-8-5-12(9-16(15)23-2)17-14(10-21)18(24-20-17)11-3-6-13(19)7-4-11/h3-9,21H,10H2,1-2H3. The average Bonchev–Trinajstić information content (AvgIpc) is 3.05. The zero-order valence-corrected chi connectivity index (χ0v) is 13.2. The molecule has 1 heterocycles. The molecule has 24 heavy (non-hydrogen) atoms. The molecule has 3 rings (SSSR count). The van der Waals surface area contributed by atoms with Crippen molar-refractivity contribution in [1.29, 1.82) is 0 Å². The normalized spacial score (nSPS) is 10.7. The van der Waals surface area contributed by atoms with Gasteiger partial charge >= 0.3 is 0 Å². The van der Waals surface area contributed by atoms with Crippen LogP contribution >= 0.6 is 0 Å². The van der Waals surface area contributed by atoms with Crippen molar-refractivity contribution >= 4 is 0 Å². The van der Waals surface area contributed by atoms with Gasteiger partial charge in [0.25, 0.3) is 0 Å². The Morgan fingerprint density at radius 3 is 2.29 bits per heavy atom. The molecule has 3 aromatic rings. The van der Waals surface area contributed by atoms with Crippen LogP contribution in [0.2, 0.25) is 0 Å². The molecule has 1 N–H and O–H groups in total. The Hall–Kier alpha value is -2.86. The van der Waals surface area contributed by atoms with Crippen LogP contribution in [-0.2, 0) is 6.61 Å². The van der Waals surface area contributed by atoms with E-state index in [1.807, 2.05) is 0 Å². The van der Waals surface area contributed by atoms with Gasteiger partial charge in [-0.1, -0.05) is 5.16 Å². The zero-order valence-electron chi connectivity index (χ0n) is 13.2. The number of benzene rings is 2. The number of aliphatic hydroxyl groups is 1. The fourth-order valence-electron chi connectivity index (χ4n) is 2.49. The molecule has 124 valence electrons. The highest BCUT2D eigenvalue weighted by Crippen LogP contribution is 2.36. The monoisotopic (exact) mass is 329 g/mol. The molecule has 6 heteroatoms. The minimum absolute atomic E-state index is 0.264. The Morgan fingerprint density at radius 1 is 1.00 bits per heavy atom. The Labute approximate surface area is 138 Å². The van der Waals surface area contributed by atoms with Gasteiger partial charge in [0.1, 0.15) is 11.5 Å². The molecule has 0 aliphatic heterocycles. The number of methoxy groups -OCH3 is 2. The van der Waals surface area contributed by atoms with Crippen molar-refractivity contribution in [2.24, 2.45) is 0 Å². The number of hydrogen-bond acceptors (Lipinski definition) is 5. The van der Waals surface area contributed by atoms with Crippen molar-refractivity contribution in [3.05, 3.63) is 53.8 Å². The molecule has 0 saturated heterocycles. The van der Waals surface area contributed by atoms with E-state index in [-0.39, 0.29) is 12.4 Å². The van der Waals surface area contributed by atoms with E-state index in [1.54, 1.807) is 44.6 Å². The second kappa shape index (κ2) is 6.72. The van der Waals surface area contributed by atoms with Crippen LogP contribution in [0.25, 0.3) is 22.6 Å². The van der Waals surface area contributed by atoms with E-state index in [1.165, 1.54) is 12.1 Å². The molecule has 0 saturated carbocycles. The van der Waals surface area contributed by atoms with Gasteiger partial charge in [-0.25, -0.2) is 4.39 Å². The van der Waals surface area contributed by atoms with Gasteiger partial charge in [-0.2, -0.15) is 0 Å². The number of hydrogen-bond donors (Lipinski definition) is 1. The highest BCUT2D eigenvalue weighted by molar-refractivity contribution is 5.73. The molecular formula is C18H16FNO4. The second-order valence-electron chi connectivity index (χ2n) is 5.07. The molecule has 0 amide bonds. The predicted molar refractivity (Wildman–Crippen MR) is 86.4 cm³/mol. The average molecular weight is 329 g/mol. The third-order valence-electron chi connectivity index (χ3n) is 3.71. The van der Waals surface area contributed by atoms with Gasteiger partial charge in [-0.3, -0.25) is 0 Å². The quantitative estimate of drug-likeness (QED) is 0.774. The molecule has 0 spiro atoms.